The van der Waals surface area contributed by atoms with Crippen molar-refractivity contribution >= 4 is 21.6 Å². The van der Waals surface area contributed by atoms with Crippen LogP contribution in [0.5, 0.6) is 0 Å². The van der Waals surface area contributed by atoms with E-state index in [2.05, 4.69) is 44.8 Å². The summed E-state index contributed by atoms with van der Waals surface area (Å²) in [6.45, 7) is 3.46. The second-order valence-electron chi connectivity index (χ2n) is 4.39. The van der Waals surface area contributed by atoms with Gasteiger partial charge in [0.2, 0.25) is 0 Å². The molecule has 0 unspecified atom stereocenters. The Morgan fingerprint density at radius 2 is 2.00 bits per heavy atom. The molecule has 1 aromatic rings. The summed E-state index contributed by atoms with van der Waals surface area (Å²) in [4.78, 5) is 0. The van der Waals surface area contributed by atoms with E-state index in [4.69, 9.17) is 0 Å². The molecule has 0 bridgehead atoms. The number of piperidine rings is 1. The van der Waals surface area contributed by atoms with Crippen LogP contribution in [0.15, 0.2) is 28.7 Å². The largest absolute Gasteiger partial charge is 0.384 e. The highest BCUT2D eigenvalue weighted by Crippen LogP contribution is 2.22. The van der Waals surface area contributed by atoms with Crippen molar-refractivity contribution in [3.63, 3.8) is 0 Å². The lowest BCUT2D eigenvalue weighted by atomic mass is 9.95. The maximum absolute atomic E-state index is 3.55. The number of hydrogen-bond acceptors (Lipinski definition) is 2. The number of halogens is 1. The molecule has 1 aromatic carbocycles. The summed E-state index contributed by atoms with van der Waals surface area (Å²) in [6, 6.07) is 8.30. The van der Waals surface area contributed by atoms with Crippen LogP contribution in [0.1, 0.15) is 19.3 Å². The summed E-state index contributed by atoms with van der Waals surface area (Å²) >= 11 is 3.55. The molecule has 2 rings (SSSR count). The third kappa shape index (κ3) is 3.49. The molecule has 0 amide bonds. The van der Waals surface area contributed by atoms with Crippen LogP contribution in [0.3, 0.4) is 0 Å². The number of hydrogen-bond donors (Lipinski definition) is 2. The van der Waals surface area contributed by atoms with Crippen molar-refractivity contribution in [3.05, 3.63) is 28.7 Å². The number of anilines is 1. The van der Waals surface area contributed by atoms with Crippen molar-refractivity contribution in [1.82, 2.24) is 5.32 Å². The molecular weight excluding hydrogens is 264 g/mol. The predicted octanol–water partition coefficient (Wildman–Crippen LogP) is 3.25. The molecule has 0 atom stereocenters. The minimum atomic E-state index is 0.899. The highest BCUT2D eigenvalue weighted by molar-refractivity contribution is 9.10. The maximum Gasteiger partial charge on any atom is 0.0484 e. The fourth-order valence-corrected chi connectivity index (χ4v) is 2.61. The molecule has 0 aromatic heterocycles. The number of benzene rings is 1. The third-order valence-electron chi connectivity index (χ3n) is 3.20. The molecule has 0 aliphatic carbocycles. The first-order chi connectivity index (χ1) is 7.86. The number of para-hydroxylation sites is 1. The van der Waals surface area contributed by atoms with Crippen molar-refractivity contribution in [1.29, 1.82) is 0 Å². The molecule has 16 heavy (non-hydrogen) atoms. The summed E-state index contributed by atoms with van der Waals surface area (Å²) < 4.78 is 1.15. The first kappa shape index (κ1) is 11.9. The Kier molecular flexibility index (Phi) is 4.67. The van der Waals surface area contributed by atoms with E-state index < -0.39 is 0 Å². The Balaban J connectivity index is 1.73. The number of rotatable bonds is 4. The maximum atomic E-state index is 3.55. The third-order valence-corrected chi connectivity index (χ3v) is 3.89. The van der Waals surface area contributed by atoms with Crippen molar-refractivity contribution < 1.29 is 0 Å². The smallest absolute Gasteiger partial charge is 0.0484 e. The fraction of sp³-hybridized carbons (Fsp3) is 0.538. The zero-order valence-corrected chi connectivity index (χ0v) is 11.1. The molecule has 0 spiro atoms. The average molecular weight is 283 g/mol. The van der Waals surface area contributed by atoms with E-state index >= 15 is 0 Å². The highest BCUT2D eigenvalue weighted by atomic mass is 79.9. The molecule has 0 saturated carbocycles. The molecular formula is C13H19BrN2. The van der Waals surface area contributed by atoms with Crippen molar-refractivity contribution in [2.75, 3.05) is 25.0 Å². The molecule has 3 heteroatoms. The lowest BCUT2D eigenvalue weighted by molar-refractivity contribution is 0.361. The Hall–Kier alpha value is -0.540. The molecule has 88 valence electrons. The Bertz CT molecular complexity index is 321. The van der Waals surface area contributed by atoms with Crippen molar-refractivity contribution in [2.45, 2.75) is 19.3 Å². The second-order valence-corrected chi connectivity index (χ2v) is 5.24. The number of nitrogens with one attached hydrogen (secondary N) is 2. The minimum absolute atomic E-state index is 0.899. The zero-order chi connectivity index (χ0) is 11.2. The SMILES string of the molecule is Brc1ccccc1NCCC1CCNCC1. The van der Waals surface area contributed by atoms with Gasteiger partial charge in [0.1, 0.15) is 0 Å². The Morgan fingerprint density at radius 1 is 1.25 bits per heavy atom. The van der Waals surface area contributed by atoms with Crippen molar-refractivity contribution in [3.8, 4) is 0 Å². The van der Waals surface area contributed by atoms with Gasteiger partial charge in [0.05, 0.1) is 0 Å². The molecule has 2 nitrogen and oxygen atoms in total. The lowest BCUT2D eigenvalue weighted by Gasteiger charge is -2.22. The van der Waals surface area contributed by atoms with Gasteiger partial charge in [-0.2, -0.15) is 0 Å². The van der Waals surface area contributed by atoms with Gasteiger partial charge in [-0.3, -0.25) is 0 Å². The molecule has 0 radical (unpaired) electrons. The quantitative estimate of drug-likeness (QED) is 0.886. The van der Waals surface area contributed by atoms with E-state index in [1.165, 1.54) is 38.0 Å². The fourth-order valence-electron chi connectivity index (χ4n) is 2.19. The van der Waals surface area contributed by atoms with Gasteiger partial charge in [-0.25, -0.2) is 0 Å². The Labute approximate surface area is 106 Å². The minimum Gasteiger partial charge on any atom is -0.384 e. The van der Waals surface area contributed by atoms with Gasteiger partial charge in [0.15, 0.2) is 0 Å². The van der Waals surface area contributed by atoms with Crippen LogP contribution in [-0.4, -0.2) is 19.6 Å². The van der Waals surface area contributed by atoms with Gasteiger partial charge in [-0.05, 0) is 66.3 Å². The van der Waals surface area contributed by atoms with Crippen LogP contribution in [0.2, 0.25) is 0 Å². The summed E-state index contributed by atoms with van der Waals surface area (Å²) in [7, 11) is 0. The van der Waals surface area contributed by atoms with E-state index in [1.807, 2.05) is 6.07 Å². The highest BCUT2D eigenvalue weighted by Gasteiger charge is 2.12. The normalized spacial score (nSPS) is 17.3. The van der Waals surface area contributed by atoms with Crippen LogP contribution in [0.4, 0.5) is 5.69 Å². The molecule has 1 aliphatic rings. The summed E-state index contributed by atoms with van der Waals surface area (Å²) in [5.74, 6) is 0.899. The first-order valence-corrected chi connectivity index (χ1v) is 6.84. The molecule has 1 aliphatic heterocycles. The summed E-state index contributed by atoms with van der Waals surface area (Å²) in [6.07, 6.45) is 3.94. The second kappa shape index (κ2) is 6.26. The van der Waals surface area contributed by atoms with Crippen LogP contribution in [0, 0.1) is 5.92 Å². The van der Waals surface area contributed by atoms with E-state index in [0.717, 1.165) is 16.9 Å². The zero-order valence-electron chi connectivity index (χ0n) is 9.51. The van der Waals surface area contributed by atoms with Gasteiger partial charge in [-0.15, -0.1) is 0 Å². The van der Waals surface area contributed by atoms with Gasteiger partial charge < -0.3 is 10.6 Å². The standard InChI is InChI=1S/C13H19BrN2/c14-12-3-1-2-4-13(12)16-10-7-11-5-8-15-9-6-11/h1-4,11,15-16H,5-10H2. The predicted molar refractivity (Wildman–Crippen MR) is 72.8 cm³/mol. The summed E-state index contributed by atoms with van der Waals surface area (Å²) in [5.41, 5.74) is 1.21. The molecule has 1 saturated heterocycles. The van der Waals surface area contributed by atoms with Crippen LogP contribution in [-0.2, 0) is 0 Å². The Morgan fingerprint density at radius 3 is 2.75 bits per heavy atom. The van der Waals surface area contributed by atoms with Gasteiger partial charge in [0.25, 0.3) is 0 Å². The van der Waals surface area contributed by atoms with Crippen LogP contribution in [0.25, 0.3) is 0 Å². The molecule has 1 fully saturated rings. The van der Waals surface area contributed by atoms with Gasteiger partial charge in [0, 0.05) is 16.7 Å². The van der Waals surface area contributed by atoms with E-state index in [9.17, 15) is 0 Å². The first-order valence-electron chi connectivity index (χ1n) is 6.05. The topological polar surface area (TPSA) is 24.1 Å². The molecule has 1 heterocycles. The van der Waals surface area contributed by atoms with Crippen LogP contribution < -0.4 is 10.6 Å². The monoisotopic (exact) mass is 282 g/mol. The van der Waals surface area contributed by atoms with Gasteiger partial charge in [-0.1, -0.05) is 12.1 Å². The lowest BCUT2D eigenvalue weighted by Crippen LogP contribution is -2.28. The van der Waals surface area contributed by atoms with E-state index in [-0.39, 0.29) is 0 Å². The molecule has 2 N–H and O–H groups in total. The van der Waals surface area contributed by atoms with E-state index in [1.54, 1.807) is 0 Å². The van der Waals surface area contributed by atoms with Crippen LogP contribution >= 0.6 is 15.9 Å². The van der Waals surface area contributed by atoms with E-state index in [0.29, 0.717) is 0 Å². The average Bonchev–Trinajstić information content (AvgIpc) is 2.33. The summed E-state index contributed by atoms with van der Waals surface area (Å²) in [5, 5.41) is 6.90. The van der Waals surface area contributed by atoms with Gasteiger partial charge >= 0.3 is 0 Å². The van der Waals surface area contributed by atoms with Crippen molar-refractivity contribution in [2.24, 2.45) is 5.92 Å².